The molecular weight excluding hydrogens is 349 g/mol. The Balaban J connectivity index is 1.61. The maximum Gasteiger partial charge on any atom is 0.417 e. The molecule has 1 saturated heterocycles. The summed E-state index contributed by atoms with van der Waals surface area (Å²) in [6, 6.07) is 3.86. The van der Waals surface area contributed by atoms with Crippen LogP contribution in [0.1, 0.15) is 33.3 Å². The average molecular weight is 366 g/mol. The number of aromatic amines is 1. The van der Waals surface area contributed by atoms with Crippen molar-refractivity contribution in [2.45, 2.75) is 13.1 Å². The highest BCUT2D eigenvalue weighted by atomic mass is 19.4. The lowest BCUT2D eigenvalue weighted by molar-refractivity contribution is -0.137. The number of nitrogens with one attached hydrogen (secondary N) is 1. The van der Waals surface area contributed by atoms with Gasteiger partial charge < -0.3 is 14.8 Å². The Bertz CT molecular complexity index is 806. The molecule has 1 N–H and O–H groups in total. The lowest BCUT2D eigenvalue weighted by Crippen LogP contribution is -2.49. The zero-order valence-corrected chi connectivity index (χ0v) is 14.0. The number of amides is 1. The van der Waals surface area contributed by atoms with Crippen LogP contribution in [0.5, 0.6) is 0 Å². The van der Waals surface area contributed by atoms with Crippen LogP contribution >= 0.6 is 0 Å². The predicted octanol–water partition coefficient (Wildman–Crippen LogP) is 2.59. The second kappa shape index (κ2) is 6.81. The van der Waals surface area contributed by atoms with Crippen LogP contribution in [-0.4, -0.2) is 52.7 Å². The molecule has 0 aromatic carbocycles. The smallest absolute Gasteiger partial charge is 0.356 e. The quantitative estimate of drug-likeness (QED) is 0.848. The number of hydrogen-bond donors (Lipinski definition) is 1. The van der Waals surface area contributed by atoms with Crippen LogP contribution in [0.25, 0.3) is 0 Å². The van der Waals surface area contributed by atoms with Crippen LogP contribution in [-0.2, 0) is 6.18 Å². The molecule has 0 bridgehead atoms. The monoisotopic (exact) mass is 366 g/mol. The maximum absolute atomic E-state index is 12.6. The summed E-state index contributed by atoms with van der Waals surface area (Å²) in [5.41, 5.74) is 0.000305. The van der Waals surface area contributed by atoms with E-state index in [0.29, 0.717) is 43.3 Å². The zero-order valence-electron chi connectivity index (χ0n) is 14.0. The molecule has 3 rings (SSSR count). The van der Waals surface area contributed by atoms with E-state index >= 15 is 0 Å². The van der Waals surface area contributed by atoms with Gasteiger partial charge in [-0.3, -0.25) is 9.59 Å². The fraction of sp³-hybridized carbons (Fsp3) is 0.353. The van der Waals surface area contributed by atoms with E-state index in [1.807, 2.05) is 4.90 Å². The van der Waals surface area contributed by atoms with Crippen molar-refractivity contribution in [3.8, 4) is 0 Å². The number of Topliss-reactive ketones (excluding diaryl/α,β-unsaturated/α-hetero) is 1. The topological polar surface area (TPSA) is 69.3 Å². The van der Waals surface area contributed by atoms with Crippen LogP contribution in [0, 0.1) is 0 Å². The van der Waals surface area contributed by atoms with Crippen LogP contribution in [0.15, 0.2) is 30.6 Å². The summed E-state index contributed by atoms with van der Waals surface area (Å²) in [5, 5.41) is 0. The molecule has 2 aromatic heterocycles. The van der Waals surface area contributed by atoms with E-state index in [1.165, 1.54) is 25.3 Å². The molecule has 1 fully saturated rings. The van der Waals surface area contributed by atoms with Gasteiger partial charge in [-0.25, -0.2) is 4.98 Å². The van der Waals surface area contributed by atoms with E-state index in [9.17, 15) is 22.8 Å². The number of carbonyl (C=O) groups is 2. The Hall–Kier alpha value is -2.84. The minimum absolute atomic E-state index is 0.126. The van der Waals surface area contributed by atoms with Crippen LogP contribution in [0.2, 0.25) is 0 Å². The first kappa shape index (κ1) is 18.0. The molecule has 3 heterocycles. The highest BCUT2D eigenvalue weighted by Gasteiger charge is 2.31. The highest BCUT2D eigenvalue weighted by molar-refractivity contribution is 5.99. The van der Waals surface area contributed by atoms with Crippen molar-refractivity contribution >= 4 is 17.5 Å². The number of pyridine rings is 1. The third-order valence-electron chi connectivity index (χ3n) is 4.29. The van der Waals surface area contributed by atoms with E-state index in [-0.39, 0.29) is 11.7 Å². The van der Waals surface area contributed by atoms with Gasteiger partial charge >= 0.3 is 6.18 Å². The average Bonchev–Trinajstić information content (AvgIpc) is 3.11. The number of aromatic nitrogens is 2. The first-order valence-corrected chi connectivity index (χ1v) is 8.02. The van der Waals surface area contributed by atoms with Crippen LogP contribution < -0.4 is 4.90 Å². The molecule has 0 saturated carbocycles. The lowest BCUT2D eigenvalue weighted by Gasteiger charge is -2.35. The Labute approximate surface area is 147 Å². The molecule has 9 heteroatoms. The minimum Gasteiger partial charge on any atom is -0.356 e. The number of carbonyl (C=O) groups excluding carboxylic acids is 2. The van der Waals surface area contributed by atoms with Gasteiger partial charge in [0.1, 0.15) is 11.5 Å². The molecule has 26 heavy (non-hydrogen) atoms. The highest BCUT2D eigenvalue weighted by Crippen LogP contribution is 2.29. The number of alkyl halides is 3. The number of H-pyrrole nitrogens is 1. The van der Waals surface area contributed by atoms with Gasteiger partial charge in [-0.2, -0.15) is 13.2 Å². The molecule has 1 aliphatic rings. The number of hydrogen-bond acceptors (Lipinski definition) is 4. The lowest BCUT2D eigenvalue weighted by atomic mass is 10.2. The fourth-order valence-electron chi connectivity index (χ4n) is 2.77. The Morgan fingerprint density at radius 3 is 2.35 bits per heavy atom. The molecule has 6 nitrogen and oxygen atoms in total. The summed E-state index contributed by atoms with van der Waals surface area (Å²) in [6.45, 7) is 3.17. The largest absolute Gasteiger partial charge is 0.417 e. The molecule has 1 aliphatic heterocycles. The number of nitrogens with zero attached hydrogens (tertiary/aromatic N) is 3. The Kier molecular flexibility index (Phi) is 4.71. The van der Waals surface area contributed by atoms with Gasteiger partial charge in [0.2, 0.25) is 0 Å². The molecule has 0 aliphatic carbocycles. The Morgan fingerprint density at radius 2 is 1.85 bits per heavy atom. The van der Waals surface area contributed by atoms with Crippen molar-refractivity contribution in [2.75, 3.05) is 31.1 Å². The van der Waals surface area contributed by atoms with E-state index in [4.69, 9.17) is 0 Å². The van der Waals surface area contributed by atoms with Crippen molar-refractivity contribution in [3.63, 3.8) is 0 Å². The van der Waals surface area contributed by atoms with Crippen molar-refractivity contribution in [1.82, 2.24) is 14.9 Å². The van der Waals surface area contributed by atoms with Gasteiger partial charge in [0.15, 0.2) is 5.78 Å². The summed E-state index contributed by atoms with van der Waals surface area (Å²) in [5.74, 6) is 0.111. The number of rotatable bonds is 3. The summed E-state index contributed by atoms with van der Waals surface area (Å²) in [6.07, 6.45) is -2.10. The van der Waals surface area contributed by atoms with Gasteiger partial charge in [-0.1, -0.05) is 0 Å². The minimum atomic E-state index is -4.41. The summed E-state index contributed by atoms with van der Waals surface area (Å²) >= 11 is 0. The molecule has 2 aromatic rings. The van der Waals surface area contributed by atoms with Gasteiger partial charge in [0, 0.05) is 44.1 Å². The van der Waals surface area contributed by atoms with Crippen molar-refractivity contribution in [1.29, 1.82) is 0 Å². The second-order valence-electron chi connectivity index (χ2n) is 6.04. The molecule has 0 unspecified atom stereocenters. The summed E-state index contributed by atoms with van der Waals surface area (Å²) in [4.78, 5) is 33.9. The van der Waals surface area contributed by atoms with Crippen molar-refractivity contribution < 1.29 is 22.8 Å². The van der Waals surface area contributed by atoms with Crippen molar-refractivity contribution in [3.05, 3.63) is 47.4 Å². The van der Waals surface area contributed by atoms with Crippen LogP contribution in [0.3, 0.4) is 0 Å². The first-order chi connectivity index (χ1) is 12.3. The fourth-order valence-corrected chi connectivity index (χ4v) is 2.77. The van der Waals surface area contributed by atoms with E-state index in [2.05, 4.69) is 9.97 Å². The van der Waals surface area contributed by atoms with Gasteiger partial charge in [0.25, 0.3) is 5.91 Å². The second-order valence-corrected chi connectivity index (χ2v) is 6.04. The predicted molar refractivity (Wildman–Crippen MR) is 88.2 cm³/mol. The molecule has 138 valence electrons. The van der Waals surface area contributed by atoms with Crippen molar-refractivity contribution in [2.24, 2.45) is 0 Å². The number of anilines is 1. The third-order valence-corrected chi connectivity index (χ3v) is 4.29. The third kappa shape index (κ3) is 3.71. The molecule has 0 spiro atoms. The number of piperazine rings is 1. The molecule has 0 radical (unpaired) electrons. The molecule has 0 atom stereocenters. The van der Waals surface area contributed by atoms with E-state index < -0.39 is 11.7 Å². The molecule has 1 amide bonds. The van der Waals surface area contributed by atoms with E-state index in [1.54, 1.807) is 4.90 Å². The standard InChI is InChI=1S/C17H17F3N4O2/c1-11(25)12-8-14(21-9-12)16(26)24-6-4-23(5-7-24)15-3-2-13(10-22-15)17(18,19)20/h2-3,8-10,21H,4-7H2,1H3. The number of ketones is 1. The summed E-state index contributed by atoms with van der Waals surface area (Å²) in [7, 11) is 0. The maximum atomic E-state index is 12.6. The normalized spacial score (nSPS) is 15.2. The zero-order chi connectivity index (χ0) is 18.9. The summed E-state index contributed by atoms with van der Waals surface area (Å²) < 4.78 is 37.8. The molecular formula is C17H17F3N4O2. The van der Waals surface area contributed by atoms with Crippen LogP contribution in [0.4, 0.5) is 19.0 Å². The van der Waals surface area contributed by atoms with Gasteiger partial charge in [-0.15, -0.1) is 0 Å². The van der Waals surface area contributed by atoms with Gasteiger partial charge in [-0.05, 0) is 25.1 Å². The first-order valence-electron chi connectivity index (χ1n) is 8.02. The Morgan fingerprint density at radius 1 is 1.15 bits per heavy atom. The van der Waals surface area contributed by atoms with Gasteiger partial charge in [0.05, 0.1) is 5.56 Å². The SMILES string of the molecule is CC(=O)c1c[nH]c(C(=O)N2CCN(c3ccc(C(F)(F)F)cn3)CC2)c1. The number of halogens is 3. The van der Waals surface area contributed by atoms with E-state index in [0.717, 1.165) is 12.3 Å².